The quantitative estimate of drug-likeness (QED) is 0.770. The van der Waals surface area contributed by atoms with Gasteiger partial charge >= 0.3 is 0 Å². The van der Waals surface area contributed by atoms with E-state index in [-0.39, 0.29) is 6.10 Å². The number of aliphatic hydroxyl groups is 1. The van der Waals surface area contributed by atoms with Gasteiger partial charge < -0.3 is 9.84 Å². The molecule has 1 aromatic heterocycles. The third-order valence-corrected chi connectivity index (χ3v) is 1.93. The molecule has 0 aliphatic heterocycles. The van der Waals surface area contributed by atoms with Gasteiger partial charge in [-0.05, 0) is 26.8 Å². The first kappa shape index (κ1) is 9.99. The lowest BCUT2D eigenvalue weighted by Gasteiger charge is -2.25. The van der Waals surface area contributed by atoms with Gasteiger partial charge in [-0.1, -0.05) is 6.07 Å². The van der Waals surface area contributed by atoms with Gasteiger partial charge in [0.2, 0.25) is 5.88 Å². The predicted molar refractivity (Wildman–Crippen MR) is 50.6 cm³/mol. The fourth-order valence-corrected chi connectivity index (χ4v) is 0.742. The van der Waals surface area contributed by atoms with Gasteiger partial charge in [0.05, 0.1) is 5.60 Å². The lowest BCUT2D eigenvalue weighted by molar-refractivity contribution is -0.0259. The molecular formula is C10H15NO2. The van der Waals surface area contributed by atoms with E-state index in [1.807, 2.05) is 19.1 Å². The van der Waals surface area contributed by atoms with Gasteiger partial charge in [0.1, 0.15) is 6.10 Å². The van der Waals surface area contributed by atoms with Crippen molar-refractivity contribution in [3.05, 3.63) is 24.4 Å². The standard InChI is InChI=1S/C10H15NO2/c1-8(10(2,3)12)13-9-6-4-5-7-11-9/h4-8,12H,1-3H3/t8-/m0/s1. The minimum atomic E-state index is -0.850. The first-order valence-corrected chi connectivity index (χ1v) is 4.30. The Labute approximate surface area is 78.4 Å². The van der Waals surface area contributed by atoms with Crippen LogP contribution in [0.25, 0.3) is 0 Å². The highest BCUT2D eigenvalue weighted by atomic mass is 16.5. The van der Waals surface area contributed by atoms with E-state index in [9.17, 15) is 5.11 Å². The molecule has 1 N–H and O–H groups in total. The molecule has 0 spiro atoms. The second kappa shape index (κ2) is 3.75. The molecule has 0 aliphatic rings. The summed E-state index contributed by atoms with van der Waals surface area (Å²) < 4.78 is 5.42. The summed E-state index contributed by atoms with van der Waals surface area (Å²) in [4.78, 5) is 4.00. The topological polar surface area (TPSA) is 42.4 Å². The highest BCUT2D eigenvalue weighted by Gasteiger charge is 2.24. The number of hydrogen-bond donors (Lipinski definition) is 1. The average Bonchev–Trinajstić information content (AvgIpc) is 2.04. The molecule has 72 valence electrons. The fraction of sp³-hybridized carbons (Fsp3) is 0.500. The normalized spacial score (nSPS) is 13.8. The Balaban J connectivity index is 2.61. The SMILES string of the molecule is C[C@H](Oc1ccccn1)C(C)(C)O. The molecule has 0 aliphatic carbocycles. The van der Waals surface area contributed by atoms with E-state index in [0.29, 0.717) is 5.88 Å². The van der Waals surface area contributed by atoms with Crippen LogP contribution in [-0.4, -0.2) is 21.8 Å². The van der Waals surface area contributed by atoms with Crippen molar-refractivity contribution in [1.29, 1.82) is 0 Å². The maximum atomic E-state index is 9.59. The second-order valence-electron chi connectivity index (χ2n) is 3.58. The first-order chi connectivity index (χ1) is 6.00. The third kappa shape index (κ3) is 3.03. The van der Waals surface area contributed by atoms with Crippen LogP contribution in [0.3, 0.4) is 0 Å². The van der Waals surface area contributed by atoms with Crippen molar-refractivity contribution in [3.8, 4) is 5.88 Å². The monoisotopic (exact) mass is 181 g/mol. The van der Waals surface area contributed by atoms with Crippen molar-refractivity contribution in [2.24, 2.45) is 0 Å². The van der Waals surface area contributed by atoms with Gasteiger partial charge in [0.15, 0.2) is 0 Å². The number of rotatable bonds is 3. The molecule has 1 rings (SSSR count). The Morgan fingerprint density at radius 1 is 1.46 bits per heavy atom. The highest BCUT2D eigenvalue weighted by Crippen LogP contribution is 2.15. The molecule has 0 bridgehead atoms. The summed E-state index contributed by atoms with van der Waals surface area (Å²) in [5.41, 5.74) is -0.850. The molecule has 1 heterocycles. The molecule has 0 unspecified atom stereocenters. The van der Waals surface area contributed by atoms with Gasteiger partial charge in [-0.3, -0.25) is 0 Å². The van der Waals surface area contributed by atoms with E-state index in [1.54, 1.807) is 26.1 Å². The molecular weight excluding hydrogens is 166 g/mol. The summed E-state index contributed by atoms with van der Waals surface area (Å²) in [5, 5.41) is 9.59. The van der Waals surface area contributed by atoms with Gasteiger partial charge in [-0.2, -0.15) is 0 Å². The zero-order valence-electron chi connectivity index (χ0n) is 8.19. The Bertz CT molecular complexity index is 253. The molecule has 0 aromatic carbocycles. The summed E-state index contributed by atoms with van der Waals surface area (Å²) in [5.74, 6) is 0.539. The molecule has 1 aromatic rings. The van der Waals surface area contributed by atoms with Crippen LogP contribution in [0.5, 0.6) is 5.88 Å². The number of ether oxygens (including phenoxy) is 1. The summed E-state index contributed by atoms with van der Waals surface area (Å²) in [7, 11) is 0. The van der Waals surface area contributed by atoms with E-state index in [4.69, 9.17) is 4.74 Å². The maximum absolute atomic E-state index is 9.59. The molecule has 0 saturated heterocycles. The zero-order chi connectivity index (χ0) is 9.90. The summed E-state index contributed by atoms with van der Waals surface area (Å²) in [6.07, 6.45) is 1.38. The minimum absolute atomic E-state index is 0.276. The third-order valence-electron chi connectivity index (χ3n) is 1.93. The smallest absolute Gasteiger partial charge is 0.213 e. The van der Waals surface area contributed by atoms with E-state index < -0.39 is 5.60 Å². The second-order valence-corrected chi connectivity index (χ2v) is 3.58. The number of hydrogen-bond acceptors (Lipinski definition) is 3. The molecule has 1 atom stereocenters. The Kier molecular flexibility index (Phi) is 2.88. The van der Waals surface area contributed by atoms with Crippen LogP contribution in [0.15, 0.2) is 24.4 Å². The molecule has 13 heavy (non-hydrogen) atoms. The van der Waals surface area contributed by atoms with Crippen LogP contribution in [0.2, 0.25) is 0 Å². The van der Waals surface area contributed by atoms with E-state index in [2.05, 4.69) is 4.98 Å². The maximum Gasteiger partial charge on any atom is 0.213 e. The highest BCUT2D eigenvalue weighted by molar-refractivity contribution is 5.10. The van der Waals surface area contributed by atoms with Crippen molar-refractivity contribution >= 4 is 0 Å². The van der Waals surface area contributed by atoms with Crippen molar-refractivity contribution in [2.45, 2.75) is 32.5 Å². The summed E-state index contributed by atoms with van der Waals surface area (Å²) >= 11 is 0. The van der Waals surface area contributed by atoms with Crippen molar-refractivity contribution in [3.63, 3.8) is 0 Å². The van der Waals surface area contributed by atoms with Crippen LogP contribution < -0.4 is 4.74 Å². The minimum Gasteiger partial charge on any atom is -0.472 e. The lowest BCUT2D eigenvalue weighted by atomic mass is 10.0. The van der Waals surface area contributed by atoms with Gasteiger partial charge in [0.25, 0.3) is 0 Å². The lowest BCUT2D eigenvalue weighted by Crippen LogP contribution is -2.38. The van der Waals surface area contributed by atoms with E-state index in [0.717, 1.165) is 0 Å². The number of nitrogens with zero attached hydrogens (tertiary/aromatic N) is 1. The predicted octanol–water partition coefficient (Wildman–Crippen LogP) is 1.62. The summed E-state index contributed by atoms with van der Waals surface area (Å²) in [6, 6.07) is 5.43. The number of pyridine rings is 1. The Morgan fingerprint density at radius 3 is 2.62 bits per heavy atom. The summed E-state index contributed by atoms with van der Waals surface area (Å²) in [6.45, 7) is 5.23. The van der Waals surface area contributed by atoms with E-state index in [1.165, 1.54) is 0 Å². The molecule has 0 amide bonds. The first-order valence-electron chi connectivity index (χ1n) is 4.30. The number of aromatic nitrogens is 1. The molecule has 3 nitrogen and oxygen atoms in total. The molecule has 3 heteroatoms. The molecule has 0 fully saturated rings. The zero-order valence-corrected chi connectivity index (χ0v) is 8.19. The average molecular weight is 181 g/mol. The van der Waals surface area contributed by atoms with Crippen LogP contribution >= 0.6 is 0 Å². The Hall–Kier alpha value is -1.09. The van der Waals surface area contributed by atoms with E-state index >= 15 is 0 Å². The fourth-order valence-electron chi connectivity index (χ4n) is 0.742. The molecule has 0 saturated carbocycles. The van der Waals surface area contributed by atoms with Crippen LogP contribution in [0, 0.1) is 0 Å². The largest absolute Gasteiger partial charge is 0.472 e. The van der Waals surface area contributed by atoms with Gasteiger partial charge in [-0.25, -0.2) is 4.98 Å². The Morgan fingerprint density at radius 2 is 2.15 bits per heavy atom. The van der Waals surface area contributed by atoms with Crippen LogP contribution in [-0.2, 0) is 0 Å². The van der Waals surface area contributed by atoms with Crippen LogP contribution in [0.4, 0.5) is 0 Å². The van der Waals surface area contributed by atoms with Crippen LogP contribution in [0.1, 0.15) is 20.8 Å². The van der Waals surface area contributed by atoms with Crippen molar-refractivity contribution in [2.75, 3.05) is 0 Å². The van der Waals surface area contributed by atoms with Gasteiger partial charge in [0, 0.05) is 12.3 Å². The van der Waals surface area contributed by atoms with Gasteiger partial charge in [-0.15, -0.1) is 0 Å². The molecule has 0 radical (unpaired) electrons. The van der Waals surface area contributed by atoms with Crippen molar-refractivity contribution < 1.29 is 9.84 Å². The van der Waals surface area contributed by atoms with Crippen molar-refractivity contribution in [1.82, 2.24) is 4.98 Å².